The molecule has 0 N–H and O–H groups in total. The van der Waals surface area contributed by atoms with Gasteiger partial charge in [-0.1, -0.05) is 53.3 Å². The number of benzene rings is 3. The van der Waals surface area contributed by atoms with E-state index in [1.807, 2.05) is 43.3 Å². The van der Waals surface area contributed by atoms with Crippen molar-refractivity contribution in [1.29, 1.82) is 0 Å². The molecule has 0 saturated carbocycles. The molecule has 0 aliphatic carbocycles. The zero-order valence-corrected chi connectivity index (χ0v) is 27.2. The second kappa shape index (κ2) is 14.0. The minimum atomic E-state index is -0.790. The molecule has 45 heavy (non-hydrogen) atoms. The van der Waals surface area contributed by atoms with Crippen LogP contribution in [0.3, 0.4) is 0 Å². The van der Waals surface area contributed by atoms with E-state index in [4.69, 9.17) is 35.3 Å². The van der Waals surface area contributed by atoms with Gasteiger partial charge >= 0.3 is 5.97 Å². The van der Waals surface area contributed by atoms with Crippen LogP contribution < -0.4 is 33.8 Å². The first-order chi connectivity index (χ1) is 21.8. The van der Waals surface area contributed by atoms with Gasteiger partial charge in [0.2, 0.25) is 0 Å². The summed E-state index contributed by atoms with van der Waals surface area (Å²) in [5.74, 6) is 1.54. The van der Waals surface area contributed by atoms with Crippen molar-refractivity contribution in [2.24, 2.45) is 4.99 Å². The van der Waals surface area contributed by atoms with Gasteiger partial charge < -0.3 is 23.7 Å². The van der Waals surface area contributed by atoms with E-state index < -0.39 is 12.0 Å². The Morgan fingerprint density at radius 3 is 2.42 bits per heavy atom. The normalized spacial score (nSPS) is 14.4. The maximum absolute atomic E-state index is 14.1. The molecule has 5 rings (SSSR count). The Kier molecular flexibility index (Phi) is 9.95. The minimum absolute atomic E-state index is 0.180. The summed E-state index contributed by atoms with van der Waals surface area (Å²) in [7, 11) is 3.08. The number of rotatable bonds is 11. The number of fused-ring (bicyclic) bond motifs is 1. The van der Waals surface area contributed by atoms with Crippen LogP contribution in [0, 0.1) is 0 Å². The van der Waals surface area contributed by atoms with Crippen LogP contribution in [0.1, 0.15) is 43.5 Å². The van der Waals surface area contributed by atoms with E-state index in [0.717, 1.165) is 11.1 Å². The molecule has 1 unspecified atom stereocenters. The predicted molar refractivity (Wildman–Crippen MR) is 173 cm³/mol. The molecule has 1 aliphatic rings. The number of ether oxygens (including phenoxy) is 5. The van der Waals surface area contributed by atoms with Crippen LogP contribution in [0.15, 0.2) is 81.7 Å². The number of allylic oxidation sites excluding steroid dienone is 1. The van der Waals surface area contributed by atoms with E-state index >= 15 is 0 Å². The Balaban J connectivity index is 1.58. The van der Waals surface area contributed by atoms with E-state index in [2.05, 4.69) is 4.99 Å². The summed E-state index contributed by atoms with van der Waals surface area (Å²) in [6, 6.07) is 17.5. The number of carbonyl (C=O) groups excluding carboxylic acids is 1. The molecule has 234 valence electrons. The van der Waals surface area contributed by atoms with Crippen LogP contribution in [0.4, 0.5) is 0 Å². The van der Waals surface area contributed by atoms with Crippen LogP contribution in [-0.2, 0) is 16.1 Å². The number of esters is 1. The summed E-state index contributed by atoms with van der Waals surface area (Å²) < 4.78 is 30.2. The van der Waals surface area contributed by atoms with Gasteiger partial charge in [0.15, 0.2) is 27.8 Å². The second-order valence-electron chi connectivity index (χ2n) is 9.94. The number of aromatic nitrogens is 1. The smallest absolute Gasteiger partial charge is 0.338 e. The summed E-state index contributed by atoms with van der Waals surface area (Å²) in [6.07, 6.45) is 1.78. The number of nitrogens with zero attached hydrogens (tertiary/aromatic N) is 2. The molecule has 0 amide bonds. The molecular formula is C34H33ClN2O7S. The third-order valence-electron chi connectivity index (χ3n) is 7.15. The Morgan fingerprint density at radius 2 is 1.71 bits per heavy atom. The first-order valence-corrected chi connectivity index (χ1v) is 15.5. The summed E-state index contributed by atoms with van der Waals surface area (Å²) in [6.45, 7) is 6.25. The van der Waals surface area contributed by atoms with Gasteiger partial charge in [0.25, 0.3) is 5.56 Å². The van der Waals surface area contributed by atoms with Gasteiger partial charge in [-0.15, -0.1) is 0 Å². The van der Waals surface area contributed by atoms with Crippen molar-refractivity contribution >= 4 is 35.0 Å². The van der Waals surface area contributed by atoms with Crippen molar-refractivity contribution in [3.8, 4) is 23.0 Å². The highest BCUT2D eigenvalue weighted by Gasteiger charge is 2.34. The number of halogens is 1. The molecule has 0 radical (unpaired) electrons. The fraction of sp³-hybridized carbons (Fsp3) is 0.265. The van der Waals surface area contributed by atoms with Crippen LogP contribution in [0.2, 0.25) is 5.02 Å². The lowest BCUT2D eigenvalue weighted by Crippen LogP contribution is -2.39. The maximum Gasteiger partial charge on any atom is 0.338 e. The van der Waals surface area contributed by atoms with Gasteiger partial charge in [-0.05, 0) is 68.3 Å². The molecule has 1 aliphatic heterocycles. The number of carbonyl (C=O) groups is 1. The van der Waals surface area contributed by atoms with Crippen LogP contribution in [0.25, 0.3) is 6.08 Å². The molecule has 1 atom stereocenters. The van der Waals surface area contributed by atoms with Crippen molar-refractivity contribution in [2.75, 3.05) is 27.4 Å². The van der Waals surface area contributed by atoms with Crippen molar-refractivity contribution in [3.05, 3.63) is 113 Å². The Morgan fingerprint density at radius 1 is 0.956 bits per heavy atom. The fourth-order valence-corrected chi connectivity index (χ4v) is 6.29. The molecule has 9 nitrogen and oxygen atoms in total. The minimum Gasteiger partial charge on any atom is -0.493 e. The van der Waals surface area contributed by atoms with Crippen molar-refractivity contribution in [2.45, 2.75) is 33.4 Å². The first kappa shape index (κ1) is 31.9. The number of methoxy groups -OCH3 is 2. The van der Waals surface area contributed by atoms with Crippen molar-refractivity contribution in [3.63, 3.8) is 0 Å². The van der Waals surface area contributed by atoms with Crippen LogP contribution in [-0.4, -0.2) is 38.0 Å². The molecule has 0 fully saturated rings. The van der Waals surface area contributed by atoms with E-state index in [-0.39, 0.29) is 24.3 Å². The highest BCUT2D eigenvalue weighted by Crippen LogP contribution is 2.36. The largest absolute Gasteiger partial charge is 0.493 e. The van der Waals surface area contributed by atoms with Gasteiger partial charge in [0, 0.05) is 10.6 Å². The first-order valence-electron chi connectivity index (χ1n) is 14.3. The van der Waals surface area contributed by atoms with Gasteiger partial charge in [0.1, 0.15) is 6.61 Å². The van der Waals surface area contributed by atoms with Crippen LogP contribution >= 0.6 is 22.9 Å². The van der Waals surface area contributed by atoms with Gasteiger partial charge in [-0.3, -0.25) is 9.36 Å². The van der Waals surface area contributed by atoms with Crippen molar-refractivity contribution < 1.29 is 28.5 Å². The van der Waals surface area contributed by atoms with E-state index in [1.54, 1.807) is 51.3 Å². The van der Waals surface area contributed by atoms with Crippen LogP contribution in [0.5, 0.6) is 23.0 Å². The number of hydrogen-bond donors (Lipinski definition) is 0. The molecule has 4 aromatic rings. The second-order valence-corrected chi connectivity index (χ2v) is 11.4. The molecule has 11 heteroatoms. The zero-order valence-electron chi connectivity index (χ0n) is 25.6. The molecule has 3 aromatic carbocycles. The number of thiazole rings is 1. The lowest BCUT2D eigenvalue weighted by atomic mass is 9.95. The summed E-state index contributed by atoms with van der Waals surface area (Å²) in [5.41, 5.74) is 2.69. The quantitative estimate of drug-likeness (QED) is 0.200. The third-order valence-corrected chi connectivity index (χ3v) is 8.50. The Hall–Kier alpha value is -4.54. The Labute approximate surface area is 269 Å². The molecular weight excluding hydrogens is 616 g/mol. The van der Waals surface area contributed by atoms with Crippen molar-refractivity contribution in [1.82, 2.24) is 4.57 Å². The lowest BCUT2D eigenvalue weighted by Gasteiger charge is -2.25. The highest BCUT2D eigenvalue weighted by molar-refractivity contribution is 7.07. The summed E-state index contributed by atoms with van der Waals surface area (Å²) in [4.78, 5) is 32.4. The SMILES string of the molecule is CCOC(=O)C1=C(C)N=c2s/c(=C\c3ccc(OCc4ccccc4Cl)c(OCC)c3)c(=O)n2C1c1ccc(OC)c(OC)c1. The molecule has 2 heterocycles. The van der Waals surface area contributed by atoms with Gasteiger partial charge in [0.05, 0.1) is 49.3 Å². The zero-order chi connectivity index (χ0) is 32.1. The predicted octanol–water partition coefficient (Wildman–Crippen LogP) is 5.45. The summed E-state index contributed by atoms with van der Waals surface area (Å²) >= 11 is 7.53. The van der Waals surface area contributed by atoms with Gasteiger partial charge in [-0.2, -0.15) is 0 Å². The lowest BCUT2D eigenvalue weighted by molar-refractivity contribution is -0.139. The highest BCUT2D eigenvalue weighted by atomic mass is 35.5. The average Bonchev–Trinajstić information content (AvgIpc) is 3.34. The standard InChI is InChI=1S/C34H33ClN2O7S/c1-6-42-28-16-21(12-14-26(28)44-19-23-10-8-9-11-24(23)35)17-29-32(38)37-31(22-13-15-25(40-4)27(18-22)41-5)30(33(39)43-7-2)20(3)36-34(37)45-29/h8-18,31H,6-7,19H2,1-5H3/b29-17-. The molecule has 0 bridgehead atoms. The molecule has 1 aromatic heterocycles. The maximum atomic E-state index is 14.1. The average molecular weight is 649 g/mol. The Bertz CT molecular complexity index is 1950. The fourth-order valence-electron chi connectivity index (χ4n) is 5.05. The van der Waals surface area contributed by atoms with E-state index in [9.17, 15) is 9.59 Å². The molecule has 0 saturated heterocycles. The number of hydrogen-bond acceptors (Lipinski definition) is 9. The third kappa shape index (κ3) is 6.62. The topological polar surface area (TPSA) is 97.6 Å². The monoisotopic (exact) mass is 648 g/mol. The van der Waals surface area contributed by atoms with E-state index in [0.29, 0.717) is 55.2 Å². The molecule has 0 spiro atoms. The summed E-state index contributed by atoms with van der Waals surface area (Å²) in [5, 5.41) is 0.621. The van der Waals surface area contributed by atoms with Gasteiger partial charge in [-0.25, -0.2) is 9.79 Å². The van der Waals surface area contributed by atoms with E-state index in [1.165, 1.54) is 23.0 Å².